The summed E-state index contributed by atoms with van der Waals surface area (Å²) in [6.07, 6.45) is 0. The van der Waals surface area contributed by atoms with Gasteiger partial charge in [0.1, 0.15) is 6.61 Å². The molecule has 0 aliphatic rings. The van der Waals surface area contributed by atoms with Gasteiger partial charge in [0.2, 0.25) is 0 Å². The van der Waals surface area contributed by atoms with E-state index in [1.165, 1.54) is 0 Å². The molecule has 1 aromatic rings. The van der Waals surface area contributed by atoms with E-state index in [1.54, 1.807) is 12.1 Å². The van der Waals surface area contributed by atoms with E-state index >= 15 is 0 Å². The van der Waals surface area contributed by atoms with E-state index in [2.05, 4.69) is 4.74 Å². The molecule has 0 heterocycles. The quantitative estimate of drug-likeness (QED) is 0.597. The zero-order chi connectivity index (χ0) is 9.84. The fourth-order valence-corrected chi connectivity index (χ4v) is 1.48. The van der Waals surface area contributed by atoms with Crippen molar-refractivity contribution < 1.29 is 9.53 Å². The summed E-state index contributed by atoms with van der Waals surface area (Å²) in [5, 5.41) is 1.13. The Labute approximate surface area is 90.3 Å². The minimum absolute atomic E-state index is 0.0295. The van der Waals surface area contributed by atoms with Crippen molar-refractivity contribution in [3.63, 3.8) is 0 Å². The Kier molecular flexibility index (Phi) is 3.85. The van der Waals surface area contributed by atoms with E-state index in [4.69, 9.17) is 34.8 Å². The molecular weight excluding hydrogens is 234 g/mol. The molecule has 0 saturated carbocycles. The molecule has 1 rings (SSSR count). The van der Waals surface area contributed by atoms with Crippen LogP contribution in [0, 0.1) is 0 Å². The van der Waals surface area contributed by atoms with Crippen molar-refractivity contribution in [1.82, 2.24) is 0 Å². The van der Waals surface area contributed by atoms with Gasteiger partial charge in [-0.2, -0.15) is 0 Å². The number of ether oxygens (including phenoxy) is 1. The average molecular weight is 239 g/mol. The van der Waals surface area contributed by atoms with Gasteiger partial charge in [0.15, 0.2) is 0 Å². The molecule has 0 aromatic heterocycles. The molecule has 0 fully saturated rings. The van der Waals surface area contributed by atoms with Crippen LogP contribution in [-0.4, -0.2) is 6.47 Å². The largest absolute Gasteiger partial charge is 0.463 e. The molecule has 5 heteroatoms. The van der Waals surface area contributed by atoms with Crippen LogP contribution in [0.2, 0.25) is 15.1 Å². The van der Waals surface area contributed by atoms with Gasteiger partial charge in [0.25, 0.3) is 6.47 Å². The maximum Gasteiger partial charge on any atom is 0.293 e. The Morgan fingerprint density at radius 1 is 1.23 bits per heavy atom. The van der Waals surface area contributed by atoms with Gasteiger partial charge in [-0.1, -0.05) is 34.8 Å². The van der Waals surface area contributed by atoms with Crippen molar-refractivity contribution in [3.8, 4) is 0 Å². The molecule has 0 radical (unpaired) electrons. The van der Waals surface area contributed by atoms with Crippen molar-refractivity contribution in [2.45, 2.75) is 6.61 Å². The molecule has 0 aliphatic carbocycles. The van der Waals surface area contributed by atoms with Gasteiger partial charge in [-0.25, -0.2) is 0 Å². The number of benzene rings is 1. The smallest absolute Gasteiger partial charge is 0.293 e. The van der Waals surface area contributed by atoms with Gasteiger partial charge in [-0.05, 0) is 12.1 Å². The highest BCUT2D eigenvalue weighted by Gasteiger charge is 2.09. The van der Waals surface area contributed by atoms with E-state index < -0.39 is 0 Å². The van der Waals surface area contributed by atoms with Gasteiger partial charge in [0, 0.05) is 10.6 Å². The first kappa shape index (κ1) is 10.6. The summed E-state index contributed by atoms with van der Waals surface area (Å²) in [6, 6.07) is 3.18. The molecular formula is C8H5Cl3O2. The third-order valence-electron chi connectivity index (χ3n) is 1.43. The fourth-order valence-electron chi connectivity index (χ4n) is 0.819. The first-order chi connectivity index (χ1) is 6.16. The van der Waals surface area contributed by atoms with Crippen LogP contribution in [0.1, 0.15) is 5.56 Å². The van der Waals surface area contributed by atoms with Crippen LogP contribution in [0.4, 0.5) is 0 Å². The van der Waals surface area contributed by atoms with Crippen LogP contribution >= 0.6 is 34.8 Å². The number of carbonyl (C=O) groups excluding carboxylic acids is 1. The predicted molar refractivity (Wildman–Crippen MR) is 52.3 cm³/mol. The SMILES string of the molecule is O=COCc1c(Cl)ccc(Cl)c1Cl. The van der Waals surface area contributed by atoms with Crippen LogP contribution in [-0.2, 0) is 16.1 Å². The summed E-state index contributed by atoms with van der Waals surface area (Å²) < 4.78 is 4.53. The second kappa shape index (κ2) is 4.70. The van der Waals surface area contributed by atoms with E-state index in [1.807, 2.05) is 0 Å². The van der Waals surface area contributed by atoms with Crippen LogP contribution in [0.15, 0.2) is 12.1 Å². The maximum atomic E-state index is 9.94. The van der Waals surface area contributed by atoms with Crippen LogP contribution < -0.4 is 0 Å². The Morgan fingerprint density at radius 3 is 2.46 bits per heavy atom. The molecule has 0 saturated heterocycles. The van der Waals surface area contributed by atoms with E-state index in [0.29, 0.717) is 27.1 Å². The molecule has 0 unspecified atom stereocenters. The summed E-state index contributed by atoms with van der Waals surface area (Å²) in [5.41, 5.74) is 0.517. The number of hydrogen-bond donors (Lipinski definition) is 0. The standard InChI is InChI=1S/C8H5Cl3O2/c9-6-1-2-7(10)8(11)5(6)3-13-4-12/h1-2,4H,3H2. The fraction of sp³-hybridized carbons (Fsp3) is 0.125. The molecule has 0 atom stereocenters. The number of carbonyl (C=O) groups is 1. The van der Waals surface area contributed by atoms with Crippen molar-refractivity contribution >= 4 is 41.3 Å². The first-order valence-corrected chi connectivity index (χ1v) is 4.48. The molecule has 0 N–H and O–H groups in total. The topological polar surface area (TPSA) is 26.3 Å². The number of hydrogen-bond acceptors (Lipinski definition) is 2. The van der Waals surface area contributed by atoms with E-state index in [0.717, 1.165) is 0 Å². The lowest BCUT2D eigenvalue weighted by Crippen LogP contribution is -1.93. The van der Waals surface area contributed by atoms with Gasteiger partial charge in [0.05, 0.1) is 10.0 Å². The third kappa shape index (κ3) is 2.50. The van der Waals surface area contributed by atoms with E-state index in [-0.39, 0.29) is 6.61 Å². The van der Waals surface area contributed by atoms with Gasteiger partial charge < -0.3 is 4.74 Å². The summed E-state index contributed by atoms with van der Waals surface area (Å²) in [7, 11) is 0. The monoisotopic (exact) mass is 238 g/mol. The molecule has 0 spiro atoms. The summed E-state index contributed by atoms with van der Waals surface area (Å²) in [5.74, 6) is 0. The minimum atomic E-state index is 0.0295. The second-order valence-corrected chi connectivity index (χ2v) is 3.42. The normalized spacial score (nSPS) is 9.77. The summed E-state index contributed by atoms with van der Waals surface area (Å²) >= 11 is 17.4. The Balaban J connectivity index is 3.02. The highest BCUT2D eigenvalue weighted by molar-refractivity contribution is 6.44. The number of rotatable bonds is 3. The molecule has 0 amide bonds. The zero-order valence-corrected chi connectivity index (χ0v) is 8.66. The van der Waals surface area contributed by atoms with Crippen molar-refractivity contribution in [1.29, 1.82) is 0 Å². The third-order valence-corrected chi connectivity index (χ3v) is 2.63. The molecule has 70 valence electrons. The molecule has 0 aliphatic heterocycles. The molecule has 1 aromatic carbocycles. The van der Waals surface area contributed by atoms with Gasteiger partial charge in [-0.3, -0.25) is 4.79 Å². The lowest BCUT2D eigenvalue weighted by Gasteiger charge is -2.06. The Hall–Kier alpha value is -0.440. The Bertz CT molecular complexity index is 325. The Morgan fingerprint density at radius 2 is 1.85 bits per heavy atom. The lowest BCUT2D eigenvalue weighted by atomic mass is 10.2. The summed E-state index contributed by atoms with van der Waals surface area (Å²) in [6.45, 7) is 0.356. The maximum absolute atomic E-state index is 9.94. The predicted octanol–water partition coefficient (Wildman–Crippen LogP) is 3.32. The summed E-state index contributed by atoms with van der Waals surface area (Å²) in [4.78, 5) is 9.94. The van der Waals surface area contributed by atoms with Crippen molar-refractivity contribution in [2.75, 3.05) is 0 Å². The van der Waals surface area contributed by atoms with Crippen LogP contribution in [0.25, 0.3) is 0 Å². The first-order valence-electron chi connectivity index (χ1n) is 3.34. The molecule has 0 bridgehead atoms. The van der Waals surface area contributed by atoms with Gasteiger partial charge >= 0.3 is 0 Å². The number of halogens is 3. The molecule has 2 nitrogen and oxygen atoms in total. The van der Waals surface area contributed by atoms with Crippen LogP contribution in [0.3, 0.4) is 0 Å². The molecule has 13 heavy (non-hydrogen) atoms. The minimum Gasteiger partial charge on any atom is -0.463 e. The highest BCUT2D eigenvalue weighted by Crippen LogP contribution is 2.31. The van der Waals surface area contributed by atoms with Crippen molar-refractivity contribution in [3.05, 3.63) is 32.8 Å². The average Bonchev–Trinajstić information content (AvgIpc) is 2.12. The second-order valence-electron chi connectivity index (χ2n) is 2.23. The van der Waals surface area contributed by atoms with Crippen LogP contribution in [0.5, 0.6) is 0 Å². The van der Waals surface area contributed by atoms with E-state index in [9.17, 15) is 4.79 Å². The zero-order valence-electron chi connectivity index (χ0n) is 6.39. The van der Waals surface area contributed by atoms with Gasteiger partial charge in [-0.15, -0.1) is 0 Å². The van der Waals surface area contributed by atoms with Crippen molar-refractivity contribution in [2.24, 2.45) is 0 Å². The highest BCUT2D eigenvalue weighted by atomic mass is 35.5. The lowest BCUT2D eigenvalue weighted by molar-refractivity contribution is -0.129.